The van der Waals surface area contributed by atoms with E-state index in [2.05, 4.69) is 30.6 Å². The molecule has 1 atom stereocenters. The van der Waals surface area contributed by atoms with Gasteiger partial charge < -0.3 is 5.32 Å². The van der Waals surface area contributed by atoms with Crippen LogP contribution in [0.25, 0.3) is 0 Å². The van der Waals surface area contributed by atoms with Crippen molar-refractivity contribution in [3.05, 3.63) is 17.5 Å². The minimum atomic E-state index is 0.512. The van der Waals surface area contributed by atoms with Crippen LogP contribution in [-0.4, -0.2) is 16.8 Å². The highest BCUT2D eigenvalue weighted by atomic mass is 15.3. The summed E-state index contributed by atoms with van der Waals surface area (Å²) in [6, 6.07) is 0.512. The lowest BCUT2D eigenvalue weighted by atomic mass is 9.77. The Morgan fingerprint density at radius 3 is 2.64 bits per heavy atom. The molecule has 1 N–H and O–H groups in total. The molecule has 1 heterocycles. The average molecular weight is 193 g/mol. The fourth-order valence-corrected chi connectivity index (χ4v) is 2.34. The summed E-state index contributed by atoms with van der Waals surface area (Å²) in [7, 11) is 4.04. The molecule has 2 rings (SSSR count). The van der Waals surface area contributed by atoms with Crippen molar-refractivity contribution in [3.8, 4) is 0 Å². The first-order chi connectivity index (χ1) is 6.72. The predicted octanol–water partition coefficient (Wildman–Crippen LogP) is 1.79. The van der Waals surface area contributed by atoms with Crippen LogP contribution in [0.5, 0.6) is 0 Å². The Bertz CT molecular complexity index is 312. The van der Waals surface area contributed by atoms with Crippen molar-refractivity contribution in [3.63, 3.8) is 0 Å². The van der Waals surface area contributed by atoms with Gasteiger partial charge in [-0.2, -0.15) is 5.10 Å². The van der Waals surface area contributed by atoms with Gasteiger partial charge in [0.2, 0.25) is 0 Å². The van der Waals surface area contributed by atoms with Gasteiger partial charge in [0.15, 0.2) is 0 Å². The number of nitrogens with zero attached hydrogens (tertiary/aromatic N) is 2. The van der Waals surface area contributed by atoms with Gasteiger partial charge >= 0.3 is 0 Å². The molecule has 0 aliphatic heterocycles. The van der Waals surface area contributed by atoms with Crippen molar-refractivity contribution in [2.75, 3.05) is 7.05 Å². The monoisotopic (exact) mass is 193 g/mol. The predicted molar refractivity (Wildman–Crippen MR) is 57.1 cm³/mol. The molecular formula is C11H19N3. The van der Waals surface area contributed by atoms with E-state index in [-0.39, 0.29) is 0 Å². The van der Waals surface area contributed by atoms with E-state index in [4.69, 9.17) is 0 Å². The molecule has 1 unspecified atom stereocenters. The van der Waals surface area contributed by atoms with Crippen LogP contribution in [0.2, 0.25) is 0 Å². The molecule has 1 aliphatic rings. The van der Waals surface area contributed by atoms with Crippen molar-refractivity contribution in [1.29, 1.82) is 0 Å². The van der Waals surface area contributed by atoms with E-state index in [9.17, 15) is 0 Å². The quantitative estimate of drug-likeness (QED) is 0.793. The number of aryl methyl sites for hydroxylation is 2. The molecule has 1 aromatic rings. The van der Waals surface area contributed by atoms with Gasteiger partial charge in [0.1, 0.15) is 0 Å². The van der Waals surface area contributed by atoms with E-state index in [1.165, 1.54) is 30.5 Å². The summed E-state index contributed by atoms with van der Waals surface area (Å²) in [5.74, 6) is 0.822. The first-order valence-corrected chi connectivity index (χ1v) is 5.39. The summed E-state index contributed by atoms with van der Waals surface area (Å²) in [5.41, 5.74) is 2.54. The molecule has 0 aromatic carbocycles. The van der Waals surface area contributed by atoms with Crippen LogP contribution in [0, 0.1) is 12.8 Å². The Kier molecular flexibility index (Phi) is 2.59. The van der Waals surface area contributed by atoms with Gasteiger partial charge in [0, 0.05) is 24.8 Å². The minimum Gasteiger partial charge on any atom is -0.313 e. The van der Waals surface area contributed by atoms with Crippen LogP contribution in [0.1, 0.15) is 36.6 Å². The van der Waals surface area contributed by atoms with Crippen LogP contribution in [0.4, 0.5) is 0 Å². The number of hydrogen-bond acceptors (Lipinski definition) is 2. The summed E-state index contributed by atoms with van der Waals surface area (Å²) in [5, 5.41) is 7.82. The SMILES string of the molecule is CNC(c1cn(C)nc1C)C1CCC1. The average Bonchev–Trinajstić information content (AvgIpc) is 2.37. The molecule has 3 heteroatoms. The third-order valence-electron chi connectivity index (χ3n) is 3.32. The lowest BCUT2D eigenvalue weighted by molar-refractivity contribution is 0.239. The molecule has 1 aromatic heterocycles. The third kappa shape index (κ3) is 1.57. The smallest absolute Gasteiger partial charge is 0.0641 e. The summed E-state index contributed by atoms with van der Waals surface area (Å²) >= 11 is 0. The first-order valence-electron chi connectivity index (χ1n) is 5.39. The normalized spacial score (nSPS) is 19.4. The standard InChI is InChI=1S/C11H19N3/c1-8-10(7-14(3)13-8)11(12-2)9-5-4-6-9/h7,9,11-12H,4-6H2,1-3H3. The first kappa shape index (κ1) is 9.71. The zero-order chi connectivity index (χ0) is 10.1. The molecule has 1 aliphatic carbocycles. The number of hydrogen-bond donors (Lipinski definition) is 1. The second kappa shape index (κ2) is 3.73. The molecule has 0 radical (unpaired) electrons. The Morgan fingerprint density at radius 1 is 1.57 bits per heavy atom. The van der Waals surface area contributed by atoms with Crippen molar-refractivity contribution in [2.24, 2.45) is 13.0 Å². The van der Waals surface area contributed by atoms with E-state index >= 15 is 0 Å². The van der Waals surface area contributed by atoms with E-state index in [1.807, 2.05) is 11.7 Å². The van der Waals surface area contributed by atoms with Crippen molar-refractivity contribution in [1.82, 2.24) is 15.1 Å². The number of rotatable bonds is 3. The van der Waals surface area contributed by atoms with Gasteiger partial charge in [-0.15, -0.1) is 0 Å². The molecule has 78 valence electrons. The molecule has 0 saturated heterocycles. The Balaban J connectivity index is 2.21. The molecule has 0 amide bonds. The maximum absolute atomic E-state index is 4.40. The van der Waals surface area contributed by atoms with Crippen LogP contribution >= 0.6 is 0 Å². The van der Waals surface area contributed by atoms with Crippen molar-refractivity contribution >= 4 is 0 Å². The zero-order valence-corrected chi connectivity index (χ0v) is 9.25. The van der Waals surface area contributed by atoms with Gasteiger partial charge in [0.25, 0.3) is 0 Å². The van der Waals surface area contributed by atoms with Gasteiger partial charge in [-0.05, 0) is 32.7 Å². The van der Waals surface area contributed by atoms with Gasteiger partial charge in [-0.1, -0.05) is 6.42 Å². The van der Waals surface area contributed by atoms with Crippen LogP contribution in [0.15, 0.2) is 6.20 Å². The van der Waals surface area contributed by atoms with Gasteiger partial charge in [-0.25, -0.2) is 0 Å². The fourth-order valence-electron chi connectivity index (χ4n) is 2.34. The van der Waals surface area contributed by atoms with Gasteiger partial charge in [-0.3, -0.25) is 4.68 Å². The van der Waals surface area contributed by atoms with Crippen LogP contribution in [0.3, 0.4) is 0 Å². The summed E-state index contributed by atoms with van der Waals surface area (Å²) in [6.07, 6.45) is 6.26. The maximum atomic E-state index is 4.40. The lowest BCUT2D eigenvalue weighted by Crippen LogP contribution is -2.29. The van der Waals surface area contributed by atoms with Crippen LogP contribution in [-0.2, 0) is 7.05 Å². The summed E-state index contributed by atoms with van der Waals surface area (Å²) in [6.45, 7) is 2.10. The zero-order valence-electron chi connectivity index (χ0n) is 9.25. The topological polar surface area (TPSA) is 29.9 Å². The lowest BCUT2D eigenvalue weighted by Gasteiger charge is -2.33. The van der Waals surface area contributed by atoms with Crippen LogP contribution < -0.4 is 5.32 Å². The molecule has 1 saturated carbocycles. The third-order valence-corrected chi connectivity index (χ3v) is 3.32. The molecule has 3 nitrogen and oxygen atoms in total. The molecule has 0 bridgehead atoms. The van der Waals surface area contributed by atoms with E-state index in [1.54, 1.807) is 0 Å². The minimum absolute atomic E-state index is 0.512. The molecular weight excluding hydrogens is 174 g/mol. The van der Waals surface area contributed by atoms with E-state index < -0.39 is 0 Å². The highest BCUT2D eigenvalue weighted by Gasteiger charge is 2.29. The Labute approximate surface area is 85.5 Å². The Hall–Kier alpha value is -0.830. The maximum Gasteiger partial charge on any atom is 0.0641 e. The van der Waals surface area contributed by atoms with Crippen molar-refractivity contribution < 1.29 is 0 Å². The van der Waals surface area contributed by atoms with E-state index in [0.717, 1.165) is 5.92 Å². The highest BCUT2D eigenvalue weighted by Crippen LogP contribution is 2.38. The number of nitrogens with one attached hydrogen (secondary N) is 1. The second-order valence-corrected chi connectivity index (χ2v) is 4.30. The number of aromatic nitrogens is 2. The Morgan fingerprint density at radius 2 is 2.29 bits per heavy atom. The molecule has 0 spiro atoms. The van der Waals surface area contributed by atoms with Gasteiger partial charge in [0.05, 0.1) is 5.69 Å². The van der Waals surface area contributed by atoms with Crippen molar-refractivity contribution in [2.45, 2.75) is 32.2 Å². The van der Waals surface area contributed by atoms with E-state index in [0.29, 0.717) is 6.04 Å². The molecule has 1 fully saturated rings. The second-order valence-electron chi connectivity index (χ2n) is 4.30. The highest BCUT2D eigenvalue weighted by molar-refractivity contribution is 5.21. The largest absolute Gasteiger partial charge is 0.313 e. The summed E-state index contributed by atoms with van der Waals surface area (Å²) < 4.78 is 1.91. The summed E-state index contributed by atoms with van der Waals surface area (Å²) in [4.78, 5) is 0. The molecule has 14 heavy (non-hydrogen) atoms. The fraction of sp³-hybridized carbons (Fsp3) is 0.727.